The van der Waals surface area contributed by atoms with E-state index in [4.69, 9.17) is 28.9 Å². The fourth-order valence-electron chi connectivity index (χ4n) is 1.99. The predicted molar refractivity (Wildman–Crippen MR) is 81.7 cm³/mol. The minimum Gasteiger partial charge on any atom is -0.382 e. The summed E-state index contributed by atoms with van der Waals surface area (Å²) in [6.07, 6.45) is 0. The zero-order chi connectivity index (χ0) is 14.2. The highest BCUT2D eigenvalue weighted by atomic mass is 35.5. The van der Waals surface area contributed by atoms with E-state index in [1.807, 2.05) is 12.1 Å². The van der Waals surface area contributed by atoms with Crippen LogP contribution in [0.4, 0.5) is 5.82 Å². The van der Waals surface area contributed by atoms with Crippen molar-refractivity contribution in [2.75, 3.05) is 5.73 Å². The molecule has 0 saturated carbocycles. The van der Waals surface area contributed by atoms with Crippen molar-refractivity contribution in [3.63, 3.8) is 0 Å². The lowest BCUT2D eigenvalue weighted by molar-refractivity contribution is 0.523. The number of rotatable bonds is 3. The smallest absolute Gasteiger partial charge is 0.153 e. The summed E-state index contributed by atoms with van der Waals surface area (Å²) in [5.74, 6) is 1.30. The highest BCUT2D eigenvalue weighted by molar-refractivity contribution is 6.42. The first kappa shape index (κ1) is 14.2. The number of nitrogens with two attached hydrogens (primary N) is 1. The average Bonchev–Trinajstić information content (AvgIpc) is 2.73. The van der Waals surface area contributed by atoms with E-state index < -0.39 is 0 Å². The summed E-state index contributed by atoms with van der Waals surface area (Å²) in [4.78, 5) is 0. The van der Waals surface area contributed by atoms with Crippen LogP contribution < -0.4 is 5.73 Å². The molecule has 0 spiro atoms. The lowest BCUT2D eigenvalue weighted by Gasteiger charge is -2.16. The van der Waals surface area contributed by atoms with Crippen molar-refractivity contribution in [1.29, 1.82) is 0 Å². The number of benzene rings is 1. The number of aromatic amines is 1. The van der Waals surface area contributed by atoms with Gasteiger partial charge in [0.05, 0.1) is 10.0 Å². The van der Waals surface area contributed by atoms with E-state index in [-0.39, 0.29) is 0 Å². The second-order valence-corrected chi connectivity index (χ2v) is 5.87. The first-order valence-corrected chi connectivity index (χ1v) is 6.96. The number of nitrogen functional groups attached to an aromatic ring is 1. The van der Waals surface area contributed by atoms with Gasteiger partial charge in [-0.3, -0.25) is 5.10 Å². The number of nitrogens with zero attached hydrogens (tertiary/aromatic N) is 1. The molecule has 1 aromatic carbocycles. The molecule has 0 bridgehead atoms. The summed E-state index contributed by atoms with van der Waals surface area (Å²) in [6, 6.07) is 5.50. The summed E-state index contributed by atoms with van der Waals surface area (Å²) in [6.45, 7) is 6.49. The minimum atomic E-state index is 0.328. The minimum absolute atomic E-state index is 0.328. The SMILES string of the molecule is CC(C)C(C)c1[nH]nc(N)c1-c1ccc(Cl)c(Cl)c1. The Bertz CT molecular complexity index is 590. The molecule has 0 aliphatic heterocycles. The number of aromatic nitrogens is 2. The van der Waals surface area contributed by atoms with Gasteiger partial charge < -0.3 is 5.73 Å². The van der Waals surface area contributed by atoms with Gasteiger partial charge in [-0.2, -0.15) is 5.10 Å². The molecule has 5 heteroatoms. The molecular formula is C14H17Cl2N3. The molecule has 1 atom stereocenters. The van der Waals surface area contributed by atoms with Crippen molar-refractivity contribution in [3.8, 4) is 11.1 Å². The highest BCUT2D eigenvalue weighted by Crippen LogP contribution is 2.37. The largest absolute Gasteiger partial charge is 0.382 e. The zero-order valence-electron chi connectivity index (χ0n) is 11.2. The molecule has 3 N–H and O–H groups in total. The number of hydrogen-bond acceptors (Lipinski definition) is 2. The third kappa shape index (κ3) is 2.72. The number of halogens is 2. The maximum Gasteiger partial charge on any atom is 0.153 e. The van der Waals surface area contributed by atoms with Crippen molar-refractivity contribution < 1.29 is 0 Å². The standard InChI is InChI=1S/C14H17Cl2N3/c1-7(2)8(3)13-12(14(17)19-18-13)9-4-5-10(15)11(16)6-9/h4-8H,1-3H3,(H3,17,18,19). The van der Waals surface area contributed by atoms with Crippen LogP contribution in [0.3, 0.4) is 0 Å². The van der Waals surface area contributed by atoms with E-state index in [1.165, 1.54) is 0 Å². The van der Waals surface area contributed by atoms with E-state index in [0.717, 1.165) is 16.8 Å². The van der Waals surface area contributed by atoms with Gasteiger partial charge in [0.1, 0.15) is 0 Å². The number of hydrogen-bond donors (Lipinski definition) is 2. The number of nitrogens with one attached hydrogen (secondary N) is 1. The summed E-state index contributed by atoms with van der Waals surface area (Å²) in [5, 5.41) is 8.21. The number of anilines is 1. The summed E-state index contributed by atoms with van der Waals surface area (Å²) in [7, 11) is 0. The molecule has 1 unspecified atom stereocenters. The molecule has 1 heterocycles. The molecule has 102 valence electrons. The quantitative estimate of drug-likeness (QED) is 0.861. The van der Waals surface area contributed by atoms with Crippen molar-refractivity contribution in [3.05, 3.63) is 33.9 Å². The normalized spacial score (nSPS) is 12.9. The second kappa shape index (κ2) is 5.43. The Morgan fingerprint density at radius 3 is 2.42 bits per heavy atom. The molecule has 3 nitrogen and oxygen atoms in total. The van der Waals surface area contributed by atoms with E-state index >= 15 is 0 Å². The van der Waals surface area contributed by atoms with Crippen molar-refractivity contribution >= 4 is 29.0 Å². The van der Waals surface area contributed by atoms with Crippen molar-refractivity contribution in [1.82, 2.24) is 10.2 Å². The Morgan fingerprint density at radius 2 is 1.84 bits per heavy atom. The van der Waals surface area contributed by atoms with Crippen LogP contribution in [0.5, 0.6) is 0 Å². The highest BCUT2D eigenvalue weighted by Gasteiger charge is 2.20. The zero-order valence-corrected chi connectivity index (χ0v) is 12.7. The van der Waals surface area contributed by atoms with E-state index in [9.17, 15) is 0 Å². The third-order valence-corrected chi connectivity index (χ3v) is 4.22. The monoisotopic (exact) mass is 297 g/mol. The second-order valence-electron chi connectivity index (χ2n) is 5.06. The van der Waals surface area contributed by atoms with Gasteiger partial charge in [-0.15, -0.1) is 0 Å². The fraction of sp³-hybridized carbons (Fsp3) is 0.357. The van der Waals surface area contributed by atoms with Gasteiger partial charge in [0, 0.05) is 17.2 Å². The fourth-order valence-corrected chi connectivity index (χ4v) is 2.29. The average molecular weight is 298 g/mol. The molecule has 2 aromatic rings. The van der Waals surface area contributed by atoms with Crippen molar-refractivity contribution in [2.24, 2.45) is 5.92 Å². The molecule has 0 saturated heterocycles. The molecular weight excluding hydrogens is 281 g/mol. The molecule has 0 radical (unpaired) electrons. The van der Waals surface area contributed by atoms with E-state index in [2.05, 4.69) is 31.0 Å². The van der Waals surface area contributed by atoms with Gasteiger partial charge in [0.15, 0.2) is 5.82 Å². The molecule has 2 rings (SSSR count). The Balaban J connectivity index is 2.55. The predicted octanol–water partition coefficient (Wildman–Crippen LogP) is 4.73. The van der Waals surface area contributed by atoms with Crippen LogP contribution in [0.2, 0.25) is 10.0 Å². The Morgan fingerprint density at radius 1 is 1.16 bits per heavy atom. The van der Waals surface area contributed by atoms with Crippen LogP contribution in [-0.4, -0.2) is 10.2 Å². The summed E-state index contributed by atoms with van der Waals surface area (Å²) >= 11 is 12.0. The van der Waals surface area contributed by atoms with Crippen LogP contribution >= 0.6 is 23.2 Å². The Kier molecular flexibility index (Phi) is 4.07. The first-order valence-electron chi connectivity index (χ1n) is 6.21. The maximum atomic E-state index is 6.07. The lowest BCUT2D eigenvalue weighted by Crippen LogP contribution is -2.04. The van der Waals surface area contributed by atoms with Gasteiger partial charge in [-0.05, 0) is 23.6 Å². The molecule has 0 aliphatic rings. The number of H-pyrrole nitrogens is 1. The van der Waals surface area contributed by atoms with E-state index in [0.29, 0.717) is 27.7 Å². The van der Waals surface area contributed by atoms with Gasteiger partial charge in [-0.1, -0.05) is 50.0 Å². The van der Waals surface area contributed by atoms with Crippen molar-refractivity contribution in [2.45, 2.75) is 26.7 Å². The third-order valence-electron chi connectivity index (χ3n) is 3.49. The van der Waals surface area contributed by atoms with Crippen LogP contribution in [0.25, 0.3) is 11.1 Å². The van der Waals surface area contributed by atoms with Crippen LogP contribution in [0, 0.1) is 5.92 Å². The Labute approximate surface area is 123 Å². The van der Waals surface area contributed by atoms with Crippen LogP contribution in [0.1, 0.15) is 32.4 Å². The van der Waals surface area contributed by atoms with Gasteiger partial charge in [-0.25, -0.2) is 0 Å². The maximum absolute atomic E-state index is 6.07. The van der Waals surface area contributed by atoms with Crippen LogP contribution in [0.15, 0.2) is 18.2 Å². The molecule has 19 heavy (non-hydrogen) atoms. The topological polar surface area (TPSA) is 54.7 Å². The first-order chi connectivity index (χ1) is 8.91. The summed E-state index contributed by atoms with van der Waals surface area (Å²) in [5.41, 5.74) is 8.86. The molecule has 1 aromatic heterocycles. The van der Waals surface area contributed by atoms with Gasteiger partial charge in [0.2, 0.25) is 0 Å². The Hall–Kier alpha value is -1.19. The van der Waals surface area contributed by atoms with Gasteiger partial charge in [0.25, 0.3) is 0 Å². The lowest BCUT2D eigenvalue weighted by atomic mass is 9.90. The molecule has 0 aliphatic carbocycles. The van der Waals surface area contributed by atoms with Crippen LogP contribution in [-0.2, 0) is 0 Å². The molecule has 0 amide bonds. The van der Waals surface area contributed by atoms with E-state index in [1.54, 1.807) is 6.07 Å². The van der Waals surface area contributed by atoms with Gasteiger partial charge >= 0.3 is 0 Å². The molecule has 0 fully saturated rings. The summed E-state index contributed by atoms with van der Waals surface area (Å²) < 4.78 is 0.